The Labute approximate surface area is 124 Å². The Hall–Kier alpha value is -2.04. The minimum atomic E-state index is -0.630. The van der Waals surface area contributed by atoms with Crippen molar-refractivity contribution < 1.29 is 19.1 Å². The fraction of sp³-hybridized carbons (Fsp3) is 0.500. The van der Waals surface area contributed by atoms with E-state index in [9.17, 15) is 9.59 Å². The lowest BCUT2D eigenvalue weighted by atomic mass is 10.0. The number of hydrogen-bond donors (Lipinski definition) is 1. The summed E-state index contributed by atoms with van der Waals surface area (Å²) in [5, 5.41) is 2.74. The van der Waals surface area contributed by atoms with Crippen molar-refractivity contribution in [1.29, 1.82) is 0 Å². The van der Waals surface area contributed by atoms with E-state index < -0.39 is 18.1 Å². The monoisotopic (exact) mass is 291 g/mol. The number of rotatable bonds is 5. The van der Waals surface area contributed by atoms with E-state index in [0.717, 1.165) is 11.3 Å². The normalized spacial score (nSPS) is 17.8. The molecule has 0 saturated heterocycles. The summed E-state index contributed by atoms with van der Waals surface area (Å²) >= 11 is 0. The Morgan fingerprint density at radius 1 is 1.38 bits per heavy atom. The first-order valence-electron chi connectivity index (χ1n) is 7.14. The zero-order valence-corrected chi connectivity index (χ0v) is 12.6. The number of nitrogens with one attached hydrogen (secondary N) is 1. The molecule has 1 aromatic carbocycles. The summed E-state index contributed by atoms with van der Waals surface area (Å²) in [6, 6.07) is 6.94. The van der Waals surface area contributed by atoms with Gasteiger partial charge in [-0.05, 0) is 24.0 Å². The van der Waals surface area contributed by atoms with E-state index in [1.165, 1.54) is 7.11 Å². The fourth-order valence-corrected chi connectivity index (χ4v) is 2.42. The minimum absolute atomic E-state index is 0.274. The molecule has 21 heavy (non-hydrogen) atoms. The largest absolute Gasteiger partial charge is 0.480 e. The molecular weight excluding hydrogens is 270 g/mol. The van der Waals surface area contributed by atoms with E-state index in [1.807, 2.05) is 38.1 Å². The lowest BCUT2D eigenvalue weighted by Crippen LogP contribution is -2.47. The van der Waals surface area contributed by atoms with Gasteiger partial charge in [0.15, 0.2) is 6.10 Å². The van der Waals surface area contributed by atoms with Gasteiger partial charge in [-0.25, -0.2) is 4.79 Å². The third-order valence-electron chi connectivity index (χ3n) is 3.45. The average molecular weight is 291 g/mol. The van der Waals surface area contributed by atoms with Crippen LogP contribution in [0.25, 0.3) is 0 Å². The van der Waals surface area contributed by atoms with Gasteiger partial charge in [-0.15, -0.1) is 0 Å². The van der Waals surface area contributed by atoms with Gasteiger partial charge in [-0.1, -0.05) is 32.0 Å². The third kappa shape index (κ3) is 3.74. The zero-order chi connectivity index (χ0) is 15.4. The third-order valence-corrected chi connectivity index (χ3v) is 3.45. The van der Waals surface area contributed by atoms with Gasteiger partial charge in [0, 0.05) is 6.42 Å². The van der Waals surface area contributed by atoms with Crippen LogP contribution >= 0.6 is 0 Å². The number of para-hydroxylation sites is 1. The van der Waals surface area contributed by atoms with Crippen LogP contribution in [-0.4, -0.2) is 31.1 Å². The first kappa shape index (κ1) is 15.4. The highest BCUT2D eigenvalue weighted by Gasteiger charge is 2.32. The Morgan fingerprint density at radius 2 is 2.10 bits per heavy atom. The molecule has 1 aromatic rings. The summed E-state index contributed by atoms with van der Waals surface area (Å²) in [4.78, 5) is 24.0. The number of hydrogen-bond acceptors (Lipinski definition) is 4. The smallest absolute Gasteiger partial charge is 0.328 e. The molecule has 0 saturated carbocycles. The lowest BCUT2D eigenvalue weighted by molar-refractivity contribution is -0.146. The number of methoxy groups -OCH3 is 1. The van der Waals surface area contributed by atoms with Crippen molar-refractivity contribution in [3.8, 4) is 5.75 Å². The van der Waals surface area contributed by atoms with Crippen molar-refractivity contribution in [2.75, 3.05) is 7.11 Å². The first-order chi connectivity index (χ1) is 10.0. The first-order valence-corrected chi connectivity index (χ1v) is 7.14. The molecule has 0 aliphatic carbocycles. The molecule has 1 amide bonds. The van der Waals surface area contributed by atoms with Gasteiger partial charge in [0.25, 0.3) is 5.91 Å². The highest BCUT2D eigenvalue weighted by atomic mass is 16.5. The molecule has 2 unspecified atom stereocenters. The zero-order valence-electron chi connectivity index (χ0n) is 12.6. The highest BCUT2D eigenvalue weighted by Crippen LogP contribution is 2.28. The molecule has 1 heterocycles. The van der Waals surface area contributed by atoms with Crippen LogP contribution in [0.15, 0.2) is 24.3 Å². The summed E-state index contributed by atoms with van der Waals surface area (Å²) < 4.78 is 10.4. The quantitative estimate of drug-likeness (QED) is 0.839. The Kier molecular flexibility index (Phi) is 4.83. The molecule has 0 aromatic heterocycles. The van der Waals surface area contributed by atoms with Gasteiger partial charge in [0.1, 0.15) is 11.8 Å². The van der Waals surface area contributed by atoms with Crippen molar-refractivity contribution >= 4 is 11.9 Å². The minimum Gasteiger partial charge on any atom is -0.480 e. The molecule has 5 nitrogen and oxygen atoms in total. The SMILES string of the molecule is COC(=O)C(CC(C)C)NC(=O)C1Cc2ccccc2O1. The summed E-state index contributed by atoms with van der Waals surface area (Å²) in [6.45, 7) is 3.98. The molecule has 1 aliphatic rings. The van der Waals surface area contributed by atoms with Crippen molar-refractivity contribution in [3.63, 3.8) is 0 Å². The Morgan fingerprint density at radius 3 is 2.71 bits per heavy atom. The Balaban J connectivity index is 1.99. The molecule has 0 bridgehead atoms. The molecule has 2 rings (SSSR count). The van der Waals surface area contributed by atoms with Crippen LogP contribution in [0.3, 0.4) is 0 Å². The van der Waals surface area contributed by atoms with E-state index in [1.54, 1.807) is 0 Å². The van der Waals surface area contributed by atoms with Crippen molar-refractivity contribution in [3.05, 3.63) is 29.8 Å². The van der Waals surface area contributed by atoms with Crippen LogP contribution in [-0.2, 0) is 20.7 Å². The van der Waals surface area contributed by atoms with Crippen molar-refractivity contribution in [2.24, 2.45) is 5.92 Å². The summed E-state index contributed by atoms with van der Waals surface area (Å²) in [5.74, 6) is 0.307. The maximum Gasteiger partial charge on any atom is 0.328 e. The van der Waals surface area contributed by atoms with E-state index in [0.29, 0.717) is 12.8 Å². The second-order valence-corrected chi connectivity index (χ2v) is 5.63. The van der Waals surface area contributed by atoms with Crippen LogP contribution in [0.4, 0.5) is 0 Å². The number of amides is 1. The number of carbonyl (C=O) groups excluding carboxylic acids is 2. The van der Waals surface area contributed by atoms with E-state index in [4.69, 9.17) is 9.47 Å². The predicted octanol–water partition coefficient (Wildman–Crippen LogP) is 1.69. The van der Waals surface area contributed by atoms with Crippen LogP contribution in [0, 0.1) is 5.92 Å². The second-order valence-electron chi connectivity index (χ2n) is 5.63. The van der Waals surface area contributed by atoms with E-state index in [2.05, 4.69) is 5.32 Å². The van der Waals surface area contributed by atoms with Gasteiger partial charge < -0.3 is 14.8 Å². The van der Waals surface area contributed by atoms with Gasteiger partial charge in [0.05, 0.1) is 7.11 Å². The molecule has 5 heteroatoms. The molecule has 1 N–H and O–H groups in total. The van der Waals surface area contributed by atoms with Gasteiger partial charge in [-0.2, -0.15) is 0 Å². The average Bonchev–Trinajstić information content (AvgIpc) is 2.89. The predicted molar refractivity (Wildman–Crippen MR) is 78.0 cm³/mol. The standard InChI is InChI=1S/C16H21NO4/c1-10(2)8-12(16(19)20-3)17-15(18)14-9-11-6-4-5-7-13(11)21-14/h4-7,10,12,14H,8-9H2,1-3H3,(H,17,18). The molecule has 114 valence electrons. The fourth-order valence-electron chi connectivity index (χ4n) is 2.42. The maximum absolute atomic E-state index is 12.3. The lowest BCUT2D eigenvalue weighted by Gasteiger charge is -2.20. The summed E-state index contributed by atoms with van der Waals surface area (Å²) in [6.07, 6.45) is 0.483. The number of fused-ring (bicyclic) bond motifs is 1. The van der Waals surface area contributed by atoms with Gasteiger partial charge in [0.2, 0.25) is 0 Å². The van der Waals surface area contributed by atoms with Crippen LogP contribution < -0.4 is 10.1 Å². The summed E-state index contributed by atoms with van der Waals surface area (Å²) in [5.41, 5.74) is 1.01. The molecule has 1 aliphatic heterocycles. The Bertz CT molecular complexity index is 502. The van der Waals surface area contributed by atoms with Crippen LogP contribution in [0.5, 0.6) is 5.75 Å². The highest BCUT2D eigenvalue weighted by molar-refractivity contribution is 5.87. The molecule has 0 fully saturated rings. The van der Waals surface area contributed by atoms with Crippen LogP contribution in [0.2, 0.25) is 0 Å². The number of esters is 1. The van der Waals surface area contributed by atoms with E-state index in [-0.39, 0.29) is 11.8 Å². The second kappa shape index (κ2) is 6.61. The molecule has 0 spiro atoms. The van der Waals surface area contributed by atoms with Crippen LogP contribution in [0.1, 0.15) is 25.8 Å². The molecule has 0 radical (unpaired) electrons. The number of benzene rings is 1. The molecule has 2 atom stereocenters. The molecular formula is C16H21NO4. The van der Waals surface area contributed by atoms with E-state index >= 15 is 0 Å². The summed E-state index contributed by atoms with van der Waals surface area (Å²) in [7, 11) is 1.32. The van der Waals surface area contributed by atoms with Crippen molar-refractivity contribution in [2.45, 2.75) is 38.8 Å². The van der Waals surface area contributed by atoms with Gasteiger partial charge >= 0.3 is 5.97 Å². The maximum atomic E-state index is 12.3. The van der Waals surface area contributed by atoms with Crippen molar-refractivity contribution in [1.82, 2.24) is 5.32 Å². The topological polar surface area (TPSA) is 64.6 Å². The van der Waals surface area contributed by atoms with Gasteiger partial charge in [-0.3, -0.25) is 4.79 Å². The number of carbonyl (C=O) groups is 2. The number of ether oxygens (including phenoxy) is 2.